The second kappa shape index (κ2) is 6.29. The fourth-order valence-electron chi connectivity index (χ4n) is 1.66. The predicted molar refractivity (Wildman–Crippen MR) is 76.4 cm³/mol. The summed E-state index contributed by atoms with van der Waals surface area (Å²) in [6, 6.07) is 1.71. The number of amides is 1. The number of pyridine rings is 1. The zero-order valence-electron chi connectivity index (χ0n) is 10.9. The molecule has 100 valence electrons. The molecule has 1 amide bonds. The number of rotatable bonds is 5. The van der Waals surface area contributed by atoms with Gasteiger partial charge in [0.25, 0.3) is 5.91 Å². The Morgan fingerprint density at radius 1 is 1.47 bits per heavy atom. The number of aryl methyl sites for hydroxylation is 1. The van der Waals surface area contributed by atoms with Crippen molar-refractivity contribution in [2.75, 3.05) is 11.9 Å². The number of nitrogens with one attached hydrogen (secondary N) is 2. The van der Waals surface area contributed by atoms with Gasteiger partial charge < -0.3 is 10.6 Å². The SMILES string of the molecule is CCNc1cnccc1C(=O)NCc1nc(C)cs1. The van der Waals surface area contributed by atoms with E-state index < -0.39 is 0 Å². The van der Waals surface area contributed by atoms with Crippen LogP contribution in [0.4, 0.5) is 5.69 Å². The molecule has 2 aromatic rings. The van der Waals surface area contributed by atoms with Crippen molar-refractivity contribution in [2.45, 2.75) is 20.4 Å². The van der Waals surface area contributed by atoms with Crippen molar-refractivity contribution in [1.82, 2.24) is 15.3 Å². The normalized spacial score (nSPS) is 10.2. The number of hydrogen-bond acceptors (Lipinski definition) is 5. The van der Waals surface area contributed by atoms with E-state index in [1.807, 2.05) is 19.2 Å². The third kappa shape index (κ3) is 3.51. The molecule has 2 N–H and O–H groups in total. The summed E-state index contributed by atoms with van der Waals surface area (Å²) in [5.74, 6) is -0.119. The van der Waals surface area contributed by atoms with E-state index in [1.54, 1.807) is 29.8 Å². The van der Waals surface area contributed by atoms with Gasteiger partial charge in [0.1, 0.15) is 5.01 Å². The lowest BCUT2D eigenvalue weighted by Gasteiger charge is -2.09. The molecule has 0 unspecified atom stereocenters. The molecule has 0 atom stereocenters. The molecule has 0 fully saturated rings. The lowest BCUT2D eigenvalue weighted by molar-refractivity contribution is 0.0951. The van der Waals surface area contributed by atoms with E-state index in [9.17, 15) is 4.79 Å². The minimum absolute atomic E-state index is 0.119. The van der Waals surface area contributed by atoms with Gasteiger partial charge in [-0.2, -0.15) is 0 Å². The molecular formula is C13H16N4OS. The second-order valence-electron chi connectivity index (χ2n) is 4.02. The van der Waals surface area contributed by atoms with E-state index >= 15 is 0 Å². The number of thiazole rings is 1. The molecule has 0 saturated heterocycles. The highest BCUT2D eigenvalue weighted by molar-refractivity contribution is 7.09. The summed E-state index contributed by atoms with van der Waals surface area (Å²) in [4.78, 5) is 20.4. The molecule has 0 aromatic carbocycles. The van der Waals surface area contributed by atoms with Crippen LogP contribution >= 0.6 is 11.3 Å². The Balaban J connectivity index is 2.03. The quantitative estimate of drug-likeness (QED) is 0.878. The highest BCUT2D eigenvalue weighted by Gasteiger charge is 2.11. The van der Waals surface area contributed by atoms with Gasteiger partial charge in [-0.05, 0) is 19.9 Å². The van der Waals surface area contributed by atoms with Gasteiger partial charge in [0.2, 0.25) is 0 Å². The summed E-state index contributed by atoms with van der Waals surface area (Å²) in [7, 11) is 0. The lowest BCUT2D eigenvalue weighted by atomic mass is 10.2. The smallest absolute Gasteiger partial charge is 0.253 e. The summed E-state index contributed by atoms with van der Waals surface area (Å²) in [5, 5.41) is 8.87. The molecule has 0 saturated carbocycles. The molecule has 2 heterocycles. The fraction of sp³-hybridized carbons (Fsp3) is 0.308. The van der Waals surface area contributed by atoms with Crippen LogP contribution in [0.15, 0.2) is 23.8 Å². The average Bonchev–Trinajstić information content (AvgIpc) is 2.83. The maximum Gasteiger partial charge on any atom is 0.253 e. The monoisotopic (exact) mass is 276 g/mol. The summed E-state index contributed by atoms with van der Waals surface area (Å²) in [5.41, 5.74) is 2.33. The third-order valence-corrected chi connectivity index (χ3v) is 3.47. The summed E-state index contributed by atoms with van der Waals surface area (Å²) in [6.07, 6.45) is 3.27. The molecular weight excluding hydrogens is 260 g/mol. The first-order valence-electron chi connectivity index (χ1n) is 6.07. The first kappa shape index (κ1) is 13.5. The van der Waals surface area contributed by atoms with Gasteiger partial charge in [0, 0.05) is 23.8 Å². The van der Waals surface area contributed by atoms with Crippen molar-refractivity contribution in [1.29, 1.82) is 0 Å². The van der Waals surface area contributed by atoms with Crippen LogP contribution in [-0.4, -0.2) is 22.4 Å². The first-order valence-corrected chi connectivity index (χ1v) is 6.95. The molecule has 19 heavy (non-hydrogen) atoms. The van der Waals surface area contributed by atoms with Gasteiger partial charge in [-0.1, -0.05) is 0 Å². The van der Waals surface area contributed by atoms with Gasteiger partial charge in [0.15, 0.2) is 0 Å². The molecule has 6 heteroatoms. The zero-order chi connectivity index (χ0) is 13.7. The molecule has 0 spiro atoms. The number of carbonyl (C=O) groups excluding carboxylic acids is 1. The Hall–Kier alpha value is -1.95. The van der Waals surface area contributed by atoms with E-state index in [0.29, 0.717) is 12.1 Å². The number of hydrogen-bond donors (Lipinski definition) is 2. The van der Waals surface area contributed by atoms with Crippen LogP contribution in [0.2, 0.25) is 0 Å². The Morgan fingerprint density at radius 3 is 3.00 bits per heavy atom. The molecule has 2 rings (SSSR count). The number of anilines is 1. The highest BCUT2D eigenvalue weighted by Crippen LogP contribution is 2.14. The van der Waals surface area contributed by atoms with E-state index in [4.69, 9.17) is 0 Å². The van der Waals surface area contributed by atoms with Crippen LogP contribution in [0.1, 0.15) is 28.0 Å². The summed E-state index contributed by atoms with van der Waals surface area (Å²) in [6.45, 7) is 5.11. The van der Waals surface area contributed by atoms with Crippen LogP contribution in [0.25, 0.3) is 0 Å². The van der Waals surface area contributed by atoms with Gasteiger partial charge in [0.05, 0.1) is 24.0 Å². The van der Waals surface area contributed by atoms with E-state index in [0.717, 1.165) is 22.9 Å². The van der Waals surface area contributed by atoms with Gasteiger partial charge in [-0.3, -0.25) is 9.78 Å². The molecule has 0 aliphatic carbocycles. The first-order chi connectivity index (χ1) is 9.20. The Morgan fingerprint density at radius 2 is 2.32 bits per heavy atom. The number of nitrogens with zero attached hydrogens (tertiary/aromatic N) is 2. The van der Waals surface area contributed by atoms with Crippen molar-refractivity contribution < 1.29 is 4.79 Å². The largest absolute Gasteiger partial charge is 0.383 e. The molecule has 2 aromatic heterocycles. The average molecular weight is 276 g/mol. The van der Waals surface area contributed by atoms with E-state index in [-0.39, 0.29) is 5.91 Å². The van der Waals surface area contributed by atoms with Crippen molar-refractivity contribution in [2.24, 2.45) is 0 Å². The van der Waals surface area contributed by atoms with Crippen molar-refractivity contribution in [3.63, 3.8) is 0 Å². The number of carbonyl (C=O) groups is 1. The van der Waals surface area contributed by atoms with Crippen molar-refractivity contribution in [3.8, 4) is 0 Å². The third-order valence-electron chi connectivity index (χ3n) is 2.50. The van der Waals surface area contributed by atoms with Crippen molar-refractivity contribution in [3.05, 3.63) is 40.1 Å². The molecule has 0 radical (unpaired) electrons. The number of aromatic nitrogens is 2. The summed E-state index contributed by atoms with van der Waals surface area (Å²) < 4.78 is 0. The maximum absolute atomic E-state index is 12.1. The predicted octanol–water partition coefficient (Wildman–Crippen LogP) is 2.21. The molecule has 0 bridgehead atoms. The van der Waals surface area contributed by atoms with Crippen LogP contribution in [0.5, 0.6) is 0 Å². The maximum atomic E-state index is 12.1. The van der Waals surface area contributed by atoms with Crippen LogP contribution < -0.4 is 10.6 Å². The van der Waals surface area contributed by atoms with Gasteiger partial charge in [-0.25, -0.2) is 4.98 Å². The lowest BCUT2D eigenvalue weighted by Crippen LogP contribution is -2.24. The van der Waals surface area contributed by atoms with Crippen LogP contribution in [0, 0.1) is 6.92 Å². The standard InChI is InChI=1S/C13H16N4OS/c1-3-15-11-6-14-5-4-10(11)13(18)16-7-12-17-9(2)8-19-12/h4-6,8,15H,3,7H2,1-2H3,(H,16,18). The van der Waals surface area contributed by atoms with Gasteiger partial charge in [-0.15, -0.1) is 11.3 Å². The molecule has 0 aliphatic rings. The topological polar surface area (TPSA) is 66.9 Å². The van der Waals surface area contributed by atoms with E-state index in [1.165, 1.54) is 0 Å². The van der Waals surface area contributed by atoms with Crippen molar-refractivity contribution >= 4 is 22.9 Å². The van der Waals surface area contributed by atoms with Crippen LogP contribution in [-0.2, 0) is 6.54 Å². The fourth-order valence-corrected chi connectivity index (χ4v) is 2.37. The Labute approximate surface area is 116 Å². The van der Waals surface area contributed by atoms with Crippen LogP contribution in [0.3, 0.4) is 0 Å². The minimum atomic E-state index is -0.119. The summed E-state index contributed by atoms with van der Waals surface area (Å²) >= 11 is 1.55. The molecule has 5 nitrogen and oxygen atoms in total. The Kier molecular flexibility index (Phi) is 4.46. The van der Waals surface area contributed by atoms with Gasteiger partial charge >= 0.3 is 0 Å². The zero-order valence-corrected chi connectivity index (χ0v) is 11.8. The second-order valence-corrected chi connectivity index (χ2v) is 4.96. The Bertz CT molecular complexity index is 567. The minimum Gasteiger partial charge on any atom is -0.383 e. The highest BCUT2D eigenvalue weighted by atomic mass is 32.1. The van der Waals surface area contributed by atoms with E-state index in [2.05, 4.69) is 20.6 Å². The molecule has 0 aliphatic heterocycles.